The predicted molar refractivity (Wildman–Crippen MR) is 61.5 cm³/mol. The molecule has 0 saturated carbocycles. The van der Waals surface area contributed by atoms with E-state index >= 15 is 0 Å². The third-order valence-corrected chi connectivity index (χ3v) is 2.56. The van der Waals surface area contributed by atoms with Crippen LogP contribution in [0.4, 0.5) is 0 Å². The van der Waals surface area contributed by atoms with Crippen LogP contribution in [0.15, 0.2) is 30.3 Å². The second-order valence-corrected chi connectivity index (χ2v) is 3.88. The Labute approximate surface area is 93.3 Å². The van der Waals surface area contributed by atoms with Crippen molar-refractivity contribution in [1.82, 2.24) is 5.32 Å². The average molecular weight is 223 g/mol. The van der Waals surface area contributed by atoms with Crippen molar-refractivity contribution >= 4 is 22.8 Å². The lowest BCUT2D eigenvalue weighted by molar-refractivity contribution is -0.123. The number of hydrogen-bond donors (Lipinski definition) is 1. The molecule has 0 aliphatic heterocycles. The highest BCUT2D eigenvalue weighted by Crippen LogP contribution is 2.18. The summed E-state index contributed by atoms with van der Waals surface area (Å²) in [7, 11) is 0. The molecule has 0 aromatic heterocycles. The number of nitrogens with one attached hydrogen (secondary N) is 1. The molecular weight excluding hydrogens is 210 g/mol. The van der Waals surface area contributed by atoms with Gasteiger partial charge in [-0.1, -0.05) is 42.1 Å². The van der Waals surface area contributed by atoms with Gasteiger partial charge in [0.25, 0.3) is 0 Å². The van der Waals surface area contributed by atoms with Crippen molar-refractivity contribution in [3.63, 3.8) is 0 Å². The standard InChI is InChI=1S/C11H13NO2S/c1-8(13)12-10(11(14)15-2)9-6-4-3-5-7-9/h3-7,10H,1-2H3,(H,12,13)/t10-/m1/s1. The van der Waals surface area contributed by atoms with Crippen molar-refractivity contribution in [3.8, 4) is 0 Å². The smallest absolute Gasteiger partial charge is 0.217 e. The first kappa shape index (κ1) is 11.8. The van der Waals surface area contributed by atoms with E-state index in [1.807, 2.05) is 30.3 Å². The summed E-state index contributed by atoms with van der Waals surface area (Å²) in [6, 6.07) is 8.68. The lowest BCUT2D eigenvalue weighted by Gasteiger charge is -2.15. The zero-order valence-electron chi connectivity index (χ0n) is 8.69. The van der Waals surface area contributed by atoms with Gasteiger partial charge in [-0.2, -0.15) is 0 Å². The van der Waals surface area contributed by atoms with Gasteiger partial charge in [0, 0.05) is 6.92 Å². The fraction of sp³-hybridized carbons (Fsp3) is 0.273. The molecule has 0 radical (unpaired) electrons. The van der Waals surface area contributed by atoms with Gasteiger partial charge < -0.3 is 5.32 Å². The van der Waals surface area contributed by atoms with E-state index in [0.717, 1.165) is 17.3 Å². The Morgan fingerprint density at radius 1 is 1.27 bits per heavy atom. The first-order valence-corrected chi connectivity index (χ1v) is 5.77. The minimum absolute atomic E-state index is 0.0589. The highest BCUT2D eigenvalue weighted by Gasteiger charge is 2.19. The summed E-state index contributed by atoms with van der Waals surface area (Å²) < 4.78 is 0. The van der Waals surface area contributed by atoms with Crippen LogP contribution in [0.2, 0.25) is 0 Å². The van der Waals surface area contributed by atoms with Gasteiger partial charge in [-0.3, -0.25) is 9.59 Å². The van der Waals surface area contributed by atoms with Crippen LogP contribution in [0.3, 0.4) is 0 Å². The Balaban J connectivity index is 2.91. The number of carbonyl (C=O) groups excluding carboxylic acids is 2. The zero-order valence-corrected chi connectivity index (χ0v) is 9.51. The summed E-state index contributed by atoms with van der Waals surface area (Å²) in [4.78, 5) is 22.6. The molecule has 1 atom stereocenters. The molecule has 80 valence electrons. The van der Waals surface area contributed by atoms with Gasteiger partial charge in [-0.15, -0.1) is 0 Å². The maximum absolute atomic E-state index is 11.6. The molecule has 3 nitrogen and oxygen atoms in total. The molecule has 0 saturated heterocycles. The molecule has 0 spiro atoms. The highest BCUT2D eigenvalue weighted by molar-refractivity contribution is 8.13. The summed E-state index contributed by atoms with van der Waals surface area (Å²) in [5.74, 6) is -0.203. The van der Waals surface area contributed by atoms with E-state index < -0.39 is 6.04 Å². The van der Waals surface area contributed by atoms with Crippen LogP contribution < -0.4 is 5.32 Å². The second kappa shape index (κ2) is 5.56. The number of hydrogen-bond acceptors (Lipinski definition) is 3. The van der Waals surface area contributed by atoms with Gasteiger partial charge in [-0.05, 0) is 11.8 Å². The third-order valence-electron chi connectivity index (χ3n) is 1.92. The van der Waals surface area contributed by atoms with Crippen molar-refractivity contribution in [1.29, 1.82) is 0 Å². The van der Waals surface area contributed by atoms with Gasteiger partial charge in [0.05, 0.1) is 0 Å². The van der Waals surface area contributed by atoms with Crippen molar-refractivity contribution < 1.29 is 9.59 Å². The molecule has 15 heavy (non-hydrogen) atoms. The van der Waals surface area contributed by atoms with Crippen molar-refractivity contribution in [2.24, 2.45) is 0 Å². The third kappa shape index (κ3) is 3.40. The molecule has 1 N–H and O–H groups in total. The number of rotatable bonds is 3. The van der Waals surface area contributed by atoms with Crippen LogP contribution in [0.1, 0.15) is 18.5 Å². The quantitative estimate of drug-likeness (QED) is 0.849. The van der Waals surface area contributed by atoms with Crippen LogP contribution in [0.25, 0.3) is 0 Å². The number of carbonyl (C=O) groups is 2. The van der Waals surface area contributed by atoms with Crippen LogP contribution >= 0.6 is 11.8 Å². The van der Waals surface area contributed by atoms with Gasteiger partial charge >= 0.3 is 0 Å². The summed E-state index contributed by atoms with van der Waals surface area (Å²) in [5, 5.41) is 2.58. The van der Waals surface area contributed by atoms with Gasteiger partial charge in [0.2, 0.25) is 11.0 Å². The predicted octanol–water partition coefficient (Wildman–Crippen LogP) is 1.75. The topological polar surface area (TPSA) is 46.2 Å². The fourth-order valence-corrected chi connectivity index (χ4v) is 1.68. The van der Waals surface area contributed by atoms with E-state index in [-0.39, 0.29) is 11.0 Å². The molecule has 1 amide bonds. The average Bonchev–Trinajstić information content (AvgIpc) is 2.26. The largest absolute Gasteiger partial charge is 0.342 e. The maximum Gasteiger partial charge on any atom is 0.217 e. The van der Waals surface area contributed by atoms with Gasteiger partial charge in [-0.25, -0.2) is 0 Å². The summed E-state index contributed by atoms with van der Waals surface area (Å²) in [6.45, 7) is 1.41. The molecule has 0 fully saturated rings. The van der Waals surface area contributed by atoms with E-state index in [4.69, 9.17) is 0 Å². The van der Waals surface area contributed by atoms with E-state index in [9.17, 15) is 9.59 Å². The minimum atomic E-state index is -0.543. The zero-order chi connectivity index (χ0) is 11.3. The second-order valence-electron chi connectivity index (χ2n) is 3.07. The molecule has 1 aromatic carbocycles. The Kier molecular flexibility index (Phi) is 4.37. The molecular formula is C11H13NO2S. The van der Waals surface area contributed by atoms with Crippen molar-refractivity contribution in [2.75, 3.05) is 6.26 Å². The summed E-state index contributed by atoms with van der Waals surface area (Å²) >= 11 is 1.12. The van der Waals surface area contributed by atoms with Crippen LogP contribution in [0.5, 0.6) is 0 Å². The van der Waals surface area contributed by atoms with Crippen molar-refractivity contribution in [2.45, 2.75) is 13.0 Å². The molecule has 1 aromatic rings. The SMILES string of the molecule is CSC(=O)[C@H](NC(C)=O)c1ccccc1. The fourth-order valence-electron chi connectivity index (χ4n) is 1.24. The molecule has 0 bridgehead atoms. The molecule has 0 unspecified atom stereocenters. The highest BCUT2D eigenvalue weighted by atomic mass is 32.2. The Hall–Kier alpha value is -1.29. The Morgan fingerprint density at radius 2 is 1.87 bits per heavy atom. The molecule has 0 heterocycles. The Morgan fingerprint density at radius 3 is 2.33 bits per heavy atom. The molecule has 1 rings (SSSR count). The lowest BCUT2D eigenvalue weighted by Crippen LogP contribution is -2.30. The molecule has 0 aliphatic rings. The van der Waals surface area contributed by atoms with Crippen LogP contribution in [0, 0.1) is 0 Å². The first-order chi connectivity index (χ1) is 7.15. The maximum atomic E-state index is 11.6. The number of amides is 1. The van der Waals surface area contributed by atoms with E-state index in [0.29, 0.717) is 0 Å². The van der Waals surface area contributed by atoms with E-state index in [1.165, 1.54) is 6.92 Å². The minimum Gasteiger partial charge on any atom is -0.342 e. The first-order valence-electron chi connectivity index (χ1n) is 4.55. The molecule has 4 heteroatoms. The summed E-state index contributed by atoms with van der Waals surface area (Å²) in [6.07, 6.45) is 1.71. The van der Waals surface area contributed by atoms with E-state index in [2.05, 4.69) is 5.32 Å². The summed E-state index contributed by atoms with van der Waals surface area (Å²) in [5.41, 5.74) is 0.812. The molecule has 0 aliphatic carbocycles. The number of benzene rings is 1. The van der Waals surface area contributed by atoms with E-state index in [1.54, 1.807) is 6.26 Å². The van der Waals surface area contributed by atoms with Crippen molar-refractivity contribution in [3.05, 3.63) is 35.9 Å². The van der Waals surface area contributed by atoms with Gasteiger partial charge in [0.15, 0.2) is 0 Å². The monoisotopic (exact) mass is 223 g/mol. The Bertz CT molecular complexity index is 351. The van der Waals surface area contributed by atoms with Crippen LogP contribution in [-0.2, 0) is 9.59 Å². The lowest BCUT2D eigenvalue weighted by atomic mass is 10.1. The number of thioether (sulfide) groups is 1. The van der Waals surface area contributed by atoms with Gasteiger partial charge in [0.1, 0.15) is 6.04 Å². The van der Waals surface area contributed by atoms with Crippen LogP contribution in [-0.4, -0.2) is 17.3 Å². The normalized spacial score (nSPS) is 11.9.